The van der Waals surface area contributed by atoms with Crippen LogP contribution in [0.2, 0.25) is 40.2 Å². The molecule has 12 aromatic carbocycles. The monoisotopic (exact) mass is 2850 g/mol. The first kappa shape index (κ1) is 125. The van der Waals surface area contributed by atoms with Gasteiger partial charge in [0, 0.05) is 40.1 Å². The molecule has 17 aromatic rings. The molecule has 28 heteroatoms. The molecule has 0 fully saturated rings. The minimum absolute atomic E-state index is 0.0309. The van der Waals surface area contributed by atoms with Crippen molar-refractivity contribution in [3.63, 3.8) is 0 Å². The molecule has 5 heterocycles. The number of aromatic nitrogens is 5. The Bertz CT molecular complexity index is 6690. The van der Waals surface area contributed by atoms with Gasteiger partial charge < -0.3 is 40.6 Å². The van der Waals surface area contributed by atoms with Gasteiger partial charge in [-0.25, -0.2) is 0 Å². The Morgan fingerprint density at radius 3 is 0.779 bits per heavy atom. The average Bonchev–Trinajstić information content (AvgIpc) is 1.29. The Morgan fingerprint density at radius 1 is 0.283 bits per heavy atom. The second-order valence-corrected chi connectivity index (χ2v) is 50.6. The van der Waals surface area contributed by atoms with Gasteiger partial charge in [-0.15, -0.1) is 0 Å². The molecular formula is C117H124BrCl8N9O6W4-2. The number of para-hydroxylation sites is 3. The topological polar surface area (TPSA) is 238 Å². The van der Waals surface area contributed by atoms with Crippen LogP contribution in [0.15, 0.2) is 346 Å². The van der Waals surface area contributed by atoms with Crippen LogP contribution in [-0.4, -0.2) is 74.4 Å². The summed E-state index contributed by atoms with van der Waals surface area (Å²) in [5.41, 5.74) is 13.7. The number of rotatable bonds is 9. The van der Waals surface area contributed by atoms with E-state index in [1.165, 1.54) is 11.1 Å². The summed E-state index contributed by atoms with van der Waals surface area (Å²) < 4.78 is 28.4. The molecule has 0 saturated carbocycles. The minimum atomic E-state index is -1.01. The number of phenolic OH excluding ortho intramolecular Hbond substituents is 4. The second-order valence-electron chi connectivity index (χ2n) is 37.5. The number of aromatic hydroxyl groups is 4. The van der Waals surface area contributed by atoms with Crippen LogP contribution in [0.5, 0.6) is 23.0 Å². The first-order valence-corrected chi connectivity index (χ1v) is 61.5. The van der Waals surface area contributed by atoms with Gasteiger partial charge in [-0.2, -0.15) is 22.8 Å². The predicted molar refractivity (Wildman–Crippen MR) is 608 cm³/mol. The van der Waals surface area contributed by atoms with E-state index in [0.29, 0.717) is 62.5 Å². The van der Waals surface area contributed by atoms with Crippen LogP contribution in [0.1, 0.15) is 145 Å². The first-order valence-electron chi connectivity index (χ1n) is 45.6. The van der Waals surface area contributed by atoms with Crippen LogP contribution in [-0.2, 0) is 82.5 Å². The van der Waals surface area contributed by atoms with Crippen LogP contribution in [0.3, 0.4) is 0 Å². The van der Waals surface area contributed by atoms with Crippen molar-refractivity contribution in [1.82, 2.24) is 24.9 Å². The van der Waals surface area contributed by atoms with Gasteiger partial charge >= 0.3 is 494 Å². The smallest absolute Gasteiger partial charge is 0.141 e. The number of aliphatic hydroxyl groups is 2. The van der Waals surface area contributed by atoms with E-state index in [2.05, 4.69) is 202 Å². The zero-order valence-electron chi connectivity index (χ0n) is 84.7. The van der Waals surface area contributed by atoms with Gasteiger partial charge in [0.15, 0.2) is 0 Å². The van der Waals surface area contributed by atoms with Crippen molar-refractivity contribution < 1.29 is 102 Å². The van der Waals surface area contributed by atoms with Crippen LogP contribution in [0, 0.1) is 38.5 Å². The molecule has 0 atom stereocenters. The molecule has 0 aliphatic carbocycles. The van der Waals surface area contributed by atoms with Crippen molar-refractivity contribution in [2.24, 2.45) is 24.8 Å². The van der Waals surface area contributed by atoms with E-state index in [-0.39, 0.29) is 38.9 Å². The Balaban J connectivity index is 0.000000247. The molecule has 17 rings (SSSR count). The molecule has 145 heavy (non-hydrogen) atoms. The van der Waals surface area contributed by atoms with E-state index in [9.17, 15) is 20.4 Å². The molecule has 0 saturated heterocycles. The van der Waals surface area contributed by atoms with Crippen LogP contribution >= 0.6 is 109 Å². The minimum Gasteiger partial charge on any atom is -0.665 e. The number of aryl methyl sites for hydroxylation is 4. The summed E-state index contributed by atoms with van der Waals surface area (Å²) in [6.45, 7) is 40.4. The molecule has 0 aliphatic rings. The molecule has 6 N–H and O–H groups in total. The summed E-state index contributed by atoms with van der Waals surface area (Å²) >= 11 is 48.2. The van der Waals surface area contributed by atoms with Gasteiger partial charge in [-0.05, 0) is 116 Å². The largest absolute Gasteiger partial charge is 0.665 e. The summed E-state index contributed by atoms with van der Waals surface area (Å²) in [7, 11) is 0. The summed E-state index contributed by atoms with van der Waals surface area (Å²) in [5.74, 6) is 1.02. The van der Waals surface area contributed by atoms with Gasteiger partial charge in [0.2, 0.25) is 0 Å². The van der Waals surface area contributed by atoms with Gasteiger partial charge in [0.05, 0.1) is 15.7 Å². The van der Waals surface area contributed by atoms with Crippen molar-refractivity contribution in [1.29, 1.82) is 0 Å². The third kappa shape index (κ3) is 48.0. The van der Waals surface area contributed by atoms with E-state index in [0.717, 1.165) is 88.1 Å². The van der Waals surface area contributed by atoms with Gasteiger partial charge in [0.25, 0.3) is 0 Å². The van der Waals surface area contributed by atoms with E-state index in [1.807, 2.05) is 240 Å². The maximum atomic E-state index is 10.3. The third-order valence-electron chi connectivity index (χ3n) is 18.6. The van der Waals surface area contributed by atoms with E-state index >= 15 is 0 Å². The maximum absolute atomic E-state index is 10.3. The molecule has 0 aliphatic heterocycles. The SMILES string of the molecule is CC(C)(C)O.CC(C)(C)O.CC(C)(C)[CH]=[W]=[N]c1c(Cl)cccc1Cl.CC(C)(C)[CH]=[W]=[N]c1c(Cl)cccc1Cl.CC(C)([CH]=[W]=[N]c1c(Cl)cccc1Cl)c1ccccc1.CC(C)([CH]=[W]=[N]c1c(Cl)cccc1Cl)c1ccccc1.Cc1ccc(C)[n-]1.Cc1ccc(C)[n-]1.Oc1c(Br)ccc2cccc(-c3ccccc3)c12.Oc1cccc2cccnc12.Oc1cccc2cccnc12.Oc1cccc2cccnc12. The van der Waals surface area contributed by atoms with Gasteiger partial charge in [-0.1, -0.05) is 161 Å². The van der Waals surface area contributed by atoms with Crippen LogP contribution < -0.4 is 9.97 Å². The number of phenols is 4. The predicted octanol–water partition coefficient (Wildman–Crippen LogP) is 35.7. The maximum Gasteiger partial charge on any atom is 0.141 e. The van der Waals surface area contributed by atoms with E-state index in [4.69, 9.17) is 103 Å². The van der Waals surface area contributed by atoms with Crippen molar-refractivity contribution in [3.05, 3.63) is 407 Å². The molecule has 0 radical (unpaired) electrons. The average molecular weight is 2850 g/mol. The molecular weight excluding hydrogens is 2730 g/mol. The second kappa shape index (κ2) is 62.5. The fourth-order valence-corrected chi connectivity index (χ4v) is 25.8. The number of pyridine rings is 3. The fourth-order valence-electron chi connectivity index (χ4n) is 11.7. The fraction of sp³-hybridized carbons (Fsp3) is 0.222. The summed E-state index contributed by atoms with van der Waals surface area (Å²) in [6.07, 6.45) is 5.01. The van der Waals surface area contributed by atoms with E-state index < -0.39 is 82.9 Å². The van der Waals surface area contributed by atoms with Crippen molar-refractivity contribution in [2.45, 2.75) is 161 Å². The number of benzene rings is 12. The molecule has 0 spiro atoms. The molecule has 0 unspecified atom stereocenters. The quantitative estimate of drug-likeness (QED) is 0.0795. The number of hydrogen-bond donors (Lipinski definition) is 6. The standard InChI is InChI=1S/C16H11BrO.2C10H12.3C9H7NO.4C6H3Cl2N.2C6H8N.2C5H10.2C4H10O.4W/c17-14-10-9-12-7-4-8-13(15(12)16(14)18)11-5-2-1-3-6-11;2*1-10(2,3)9-7-5-4-6-8-9;3*11-8-5-1-3-7-4-2-6-10-9(7)8;4*7-4-2-1-3-5(8)6(4)9;2*1-5-3-4-6(2)7-5;2*1-5(2,3)4;2*1-4(2,3)5;;;;/h1-10,18H;2*1,4-8H,2-3H3;3*1-6,11H;4*1-3H;2*3-4H,1-2H3;2*1H,2-4H3;2*5H,1-3H3;;;;/q;;;;;;;;;;2*-1;;;;;;;;. The van der Waals surface area contributed by atoms with E-state index in [1.54, 1.807) is 96.5 Å². The van der Waals surface area contributed by atoms with Crippen molar-refractivity contribution >= 4 is 193 Å². The third-order valence-corrected chi connectivity index (χ3v) is 36.6. The summed E-state index contributed by atoms with van der Waals surface area (Å²) in [4.78, 5) is 20.3. The van der Waals surface area contributed by atoms with Gasteiger partial charge in [0.1, 0.15) is 39.5 Å². The summed E-state index contributed by atoms with van der Waals surface area (Å²) in [6, 6.07) is 98.3. The number of hydrogen-bond acceptors (Lipinski definition) is 13. The van der Waals surface area contributed by atoms with Crippen molar-refractivity contribution in [3.8, 4) is 34.1 Å². The van der Waals surface area contributed by atoms with Crippen LogP contribution in [0.4, 0.5) is 22.7 Å². The summed E-state index contributed by atoms with van der Waals surface area (Å²) in [5, 5.41) is 65.1. The Hall–Kier alpha value is -8.96. The zero-order chi connectivity index (χ0) is 107. The molecule has 762 valence electrons. The molecule has 0 amide bonds. The Morgan fingerprint density at radius 2 is 0.524 bits per heavy atom. The Labute approximate surface area is 935 Å². The Kier molecular flexibility index (Phi) is 53.8. The molecule has 0 bridgehead atoms. The van der Waals surface area contributed by atoms with Gasteiger partial charge in [-0.3, -0.25) is 15.0 Å². The molecule has 5 aromatic heterocycles. The molecule has 15 nitrogen and oxygen atoms in total. The first-order chi connectivity index (χ1) is 68.3. The van der Waals surface area contributed by atoms with Crippen molar-refractivity contribution in [2.75, 3.05) is 0 Å². The number of fused-ring (bicyclic) bond motifs is 4. The zero-order valence-corrected chi connectivity index (χ0v) is 104. The number of halogens is 9. The van der Waals surface area contributed by atoms with Crippen LogP contribution in [0.25, 0.3) is 54.6 Å². The normalized spacial score (nSPS) is 10.7. The number of nitrogens with zero attached hydrogens (tertiary/aromatic N) is 9.